The summed E-state index contributed by atoms with van der Waals surface area (Å²) in [5, 5.41) is 79.4. The van der Waals surface area contributed by atoms with Crippen molar-refractivity contribution in [3.8, 4) is 23.0 Å². The molecule has 5 heterocycles. The zero-order valence-corrected chi connectivity index (χ0v) is 58.4. The molecule has 5 aliphatic rings. The fourth-order valence-corrected chi connectivity index (χ4v) is 12.8. The number of fused-ring (bicyclic) bond motifs is 14. The first kappa shape index (κ1) is 77.0. The molecule has 5 aliphatic heterocycles. The number of aliphatic hydroxyl groups excluding tert-OH is 2. The predicted molar refractivity (Wildman–Crippen MR) is 368 cm³/mol. The number of imide groups is 1. The van der Waals surface area contributed by atoms with Gasteiger partial charge in [-0.05, 0) is 63.7 Å². The topological polar surface area (TPSA) is 397 Å². The number of amides is 8. The third kappa shape index (κ3) is 18.7. The van der Waals surface area contributed by atoms with Gasteiger partial charge in [-0.15, -0.1) is 0 Å². The van der Waals surface area contributed by atoms with Crippen LogP contribution in [0.2, 0.25) is 0 Å². The van der Waals surface area contributed by atoms with Crippen molar-refractivity contribution in [2.45, 2.75) is 157 Å². The van der Waals surface area contributed by atoms with Crippen LogP contribution in [0.25, 0.3) is 10.8 Å². The van der Waals surface area contributed by atoms with Crippen LogP contribution in [0, 0.1) is 36.5 Å². The van der Waals surface area contributed by atoms with Crippen LogP contribution in [0.1, 0.15) is 128 Å². The SMILES string of the molecule is CO[C@H]1/C=C/O[C@@]2(C)Oc3c(C)c(O)c4c(O)c(c(/C=N/N5CC[N+](C)(Cc6ccc(NC(=O)[C@H](CCCNC(N)=O)NC(=O)[C@@H](NC(=O)CCCCCN7C(=O)C=CC7=O)C(C)C)cc6)CC5)c(O)c4c3C2=O)NC(=O)/C(C)=C\C=C\[C@H](C)[C@H](O)[C@@H](C)[C@@H](O)[C@@H](C)[C@H](OC(C)=O)[C@@H]1C. The summed E-state index contributed by atoms with van der Waals surface area (Å²) in [7, 11) is 3.49. The van der Waals surface area contributed by atoms with Crippen LogP contribution in [-0.4, -0.2) is 195 Å². The number of phenols is 3. The maximum Gasteiger partial charge on any atom is 0.312 e. The number of anilines is 2. The summed E-state index contributed by atoms with van der Waals surface area (Å²) in [6.07, 6.45) is 8.87. The molecule has 1 saturated heterocycles. The van der Waals surface area contributed by atoms with Gasteiger partial charge in [0.25, 0.3) is 23.5 Å². The molecule has 0 unspecified atom stereocenters. The summed E-state index contributed by atoms with van der Waals surface area (Å²) in [6, 6.07) is 4.40. The Morgan fingerprint density at radius 1 is 0.859 bits per heavy atom. The second kappa shape index (κ2) is 33.4. The van der Waals surface area contributed by atoms with Crippen LogP contribution >= 0.6 is 0 Å². The van der Waals surface area contributed by atoms with E-state index in [9.17, 15) is 68.7 Å². The third-order valence-electron chi connectivity index (χ3n) is 19.0. The highest BCUT2D eigenvalue weighted by molar-refractivity contribution is 6.24. The van der Waals surface area contributed by atoms with Crippen molar-refractivity contribution >= 4 is 81.6 Å². The van der Waals surface area contributed by atoms with Crippen LogP contribution in [0.5, 0.6) is 23.0 Å². The molecular weight excluding hydrogens is 1280 g/mol. The average Bonchev–Trinajstić information content (AvgIpc) is 1.62. The first-order valence-corrected chi connectivity index (χ1v) is 33.5. The van der Waals surface area contributed by atoms with E-state index in [-0.39, 0.29) is 100 Å². The van der Waals surface area contributed by atoms with Crippen molar-refractivity contribution in [2.24, 2.45) is 40.4 Å². The number of hydrazone groups is 1. The minimum atomic E-state index is -2.14. The van der Waals surface area contributed by atoms with Crippen molar-refractivity contribution in [2.75, 3.05) is 64.1 Å². The van der Waals surface area contributed by atoms with Gasteiger partial charge in [0, 0.05) is 104 Å². The Bertz CT molecular complexity index is 3670. The predicted octanol–water partition coefficient (Wildman–Crippen LogP) is 5.55. The van der Waals surface area contributed by atoms with Crippen molar-refractivity contribution in [1.29, 1.82) is 0 Å². The Hall–Kier alpha value is -9.38. The molecule has 3 aromatic rings. The van der Waals surface area contributed by atoms with Crippen LogP contribution in [0.15, 0.2) is 77.7 Å². The zero-order valence-electron chi connectivity index (χ0n) is 58.4. The van der Waals surface area contributed by atoms with Gasteiger partial charge in [-0.1, -0.05) is 78.3 Å². The average molecular weight is 1380 g/mol. The quantitative estimate of drug-likeness (QED) is 0.0112. The molecule has 0 spiro atoms. The number of primary amides is 1. The molecule has 8 rings (SSSR count). The minimum Gasteiger partial charge on any atom is -0.507 e. The normalized spacial score (nSPS) is 25.3. The van der Waals surface area contributed by atoms with E-state index in [2.05, 4.69) is 33.6 Å². The Labute approximate surface area is 576 Å². The maximum atomic E-state index is 14.8. The van der Waals surface area contributed by atoms with Crippen molar-refractivity contribution < 1.29 is 92.1 Å². The summed E-state index contributed by atoms with van der Waals surface area (Å²) in [5.41, 5.74) is 5.92. The van der Waals surface area contributed by atoms with Gasteiger partial charge in [0.05, 0.1) is 86.2 Å². The van der Waals surface area contributed by atoms with Gasteiger partial charge in [-0.25, -0.2) is 4.79 Å². The van der Waals surface area contributed by atoms with Crippen LogP contribution < -0.4 is 37.1 Å². The van der Waals surface area contributed by atoms with E-state index >= 15 is 0 Å². The molecule has 8 amide bonds. The second-order valence-corrected chi connectivity index (χ2v) is 27.0. The number of nitrogens with two attached hydrogens (primary N) is 1. The Balaban J connectivity index is 1.08. The molecule has 538 valence electrons. The Kier molecular flexibility index (Phi) is 26.0. The number of Topliss-reactive ketones (excluding diaryl/α,β-unsaturated/α-hetero) is 1. The number of benzene rings is 3. The number of nitrogens with zero attached hydrogens (tertiary/aromatic N) is 4. The molecule has 1 fully saturated rings. The third-order valence-corrected chi connectivity index (χ3v) is 19.0. The lowest BCUT2D eigenvalue weighted by molar-refractivity contribution is -0.926. The van der Waals surface area contributed by atoms with Gasteiger partial charge in [0.15, 0.2) is 5.75 Å². The monoisotopic (exact) mass is 1380 g/mol. The van der Waals surface area contributed by atoms with Crippen LogP contribution in [0.3, 0.4) is 0 Å². The lowest BCUT2D eigenvalue weighted by atomic mass is 9.78. The Morgan fingerprint density at radius 3 is 2.15 bits per heavy atom. The number of aromatic hydroxyl groups is 3. The standard InChI is InChI=1S/C71H96N10O18/c1-38(2)57(77-51(83)21-14-13-15-30-80-52(84)26-27-53(80)85)69(94)76-49(20-17-29-73-70(72)95)68(93)75-47-24-22-46(23-25-47)37-81(11)33-31-79(32-34-81)74-36-48-58-63(90)55-54(62(48)89)56-65(44(8)61(55)88)99-71(10,66(56)91)97-35-28-50(96-12)41(5)64(98-45(9)82)43(7)60(87)42(6)59(86)39(3)18-16-19-40(4)67(92)78-58/h16,18-19,22-28,35-36,38-39,41-43,49-50,57,59-60,64,86-87H,13-15,17,20-21,29-34,37H2,1-12H3,(H9-,72,73,74,75,76,77,78,83,84,85,88,89,90,91,92,93,94,95)/p+1/b18-16+,35-28+,40-19-/t39-,41+,42+,43+,49-,50-,57-,59-,60+,64+,71-/m0/s1. The molecule has 99 heavy (non-hydrogen) atoms. The highest BCUT2D eigenvalue weighted by atomic mass is 16.7. The summed E-state index contributed by atoms with van der Waals surface area (Å²) >= 11 is 0. The van der Waals surface area contributed by atoms with Gasteiger partial charge in [-0.3, -0.25) is 48.3 Å². The fraction of sp³-hybridized carbons (Fsp3) is 0.521. The zero-order chi connectivity index (χ0) is 73.0. The second-order valence-electron chi connectivity index (χ2n) is 27.0. The number of ketones is 1. The maximum absolute atomic E-state index is 14.8. The van der Waals surface area contributed by atoms with Crippen LogP contribution in [-0.2, 0) is 54.3 Å². The largest absolute Gasteiger partial charge is 0.507 e. The van der Waals surface area contributed by atoms with Crippen molar-refractivity contribution in [1.82, 2.24) is 25.9 Å². The number of hydrogen-bond acceptors (Lipinski definition) is 20. The minimum absolute atomic E-state index is 0.00284. The van der Waals surface area contributed by atoms with E-state index in [1.165, 1.54) is 71.6 Å². The van der Waals surface area contributed by atoms with E-state index in [1.54, 1.807) is 70.8 Å². The summed E-state index contributed by atoms with van der Waals surface area (Å²) < 4.78 is 24.4. The lowest BCUT2D eigenvalue weighted by Crippen LogP contribution is -2.55. The first-order valence-electron chi connectivity index (χ1n) is 33.5. The van der Waals surface area contributed by atoms with E-state index < -0.39 is 119 Å². The molecule has 28 nitrogen and oxygen atoms in total. The number of carbonyl (C=O) groups is 9. The number of unbranched alkanes of at least 4 members (excludes halogenated alkanes) is 2. The summed E-state index contributed by atoms with van der Waals surface area (Å²) in [4.78, 5) is 119. The first-order chi connectivity index (χ1) is 46.7. The molecule has 0 saturated carbocycles. The number of rotatable bonds is 22. The number of hydrogen-bond donors (Lipinski definition) is 11. The number of likely N-dealkylation sites (N-methyl/N-ethyl adjacent to an activating group) is 1. The molecule has 0 aliphatic carbocycles. The van der Waals surface area contributed by atoms with Gasteiger partial charge < -0.3 is 81.3 Å². The number of methoxy groups -OCH3 is 1. The number of aliphatic hydroxyl groups is 2. The molecule has 12 N–H and O–H groups in total. The van der Waals surface area contributed by atoms with Crippen molar-refractivity contribution in [3.05, 3.63) is 94.8 Å². The highest BCUT2D eigenvalue weighted by Gasteiger charge is 2.50. The van der Waals surface area contributed by atoms with E-state index in [0.717, 1.165) is 10.5 Å². The number of carbonyl (C=O) groups excluding carboxylic acids is 9. The van der Waals surface area contributed by atoms with Gasteiger partial charge in [0.1, 0.15) is 42.0 Å². The van der Waals surface area contributed by atoms with Gasteiger partial charge in [-0.2, -0.15) is 5.10 Å². The van der Waals surface area contributed by atoms with Crippen LogP contribution in [0.4, 0.5) is 16.2 Å². The molecule has 28 heteroatoms. The van der Waals surface area contributed by atoms with E-state index in [4.69, 9.17) is 29.8 Å². The number of quaternary nitrogens is 1. The number of ether oxygens (including phenoxy) is 4. The number of urea groups is 1. The summed E-state index contributed by atoms with van der Waals surface area (Å²) in [6.45, 7) is 18.7. The summed E-state index contributed by atoms with van der Waals surface area (Å²) in [5.74, 6) is -11.7. The van der Waals surface area contributed by atoms with E-state index in [1.807, 2.05) is 12.1 Å². The number of allylic oxidation sites excluding steroid dienone is 2. The van der Waals surface area contributed by atoms with Crippen molar-refractivity contribution in [3.63, 3.8) is 0 Å². The van der Waals surface area contributed by atoms with E-state index in [0.29, 0.717) is 62.2 Å². The Morgan fingerprint density at radius 2 is 1.53 bits per heavy atom. The number of piperazine rings is 1. The number of phenolic OH excluding ortho intramolecular Hbond substituents is 3. The molecule has 0 aromatic heterocycles. The fourth-order valence-electron chi connectivity index (χ4n) is 12.8. The number of nitrogens with one attached hydrogen (secondary N) is 5. The smallest absolute Gasteiger partial charge is 0.312 e. The lowest BCUT2D eigenvalue weighted by Gasteiger charge is -2.41. The number of esters is 1. The molecule has 5 bridgehead atoms. The van der Waals surface area contributed by atoms with Gasteiger partial charge >= 0.3 is 17.8 Å². The van der Waals surface area contributed by atoms with Gasteiger partial charge in [0.2, 0.25) is 17.7 Å². The molecule has 3 aromatic carbocycles. The molecule has 11 atom stereocenters. The highest BCUT2D eigenvalue weighted by Crippen LogP contribution is 2.55. The molecule has 0 radical (unpaired) electrons. The molecular formula is C71H97N10O18+.